The highest BCUT2D eigenvalue weighted by atomic mass is 16.4. The molecular weight excluding hydrogens is 228 g/mol. The van der Waals surface area contributed by atoms with Crippen LogP contribution in [0.1, 0.15) is 17.9 Å². The molecule has 2 unspecified atom stereocenters. The Hall–Kier alpha value is -1.81. The zero-order valence-corrected chi connectivity index (χ0v) is 10.0. The van der Waals surface area contributed by atoms with Crippen molar-refractivity contribution in [3.8, 4) is 0 Å². The summed E-state index contributed by atoms with van der Waals surface area (Å²) in [5.74, 6) is -0.966. The van der Waals surface area contributed by atoms with Crippen LogP contribution in [-0.2, 0) is 4.79 Å². The first-order valence-electron chi connectivity index (χ1n) is 6.27. The molecule has 1 aromatic carbocycles. The zero-order chi connectivity index (χ0) is 12.5. The van der Waals surface area contributed by atoms with Gasteiger partial charge in [0.25, 0.3) is 0 Å². The van der Waals surface area contributed by atoms with Gasteiger partial charge in [0.2, 0.25) is 0 Å². The van der Waals surface area contributed by atoms with E-state index in [9.17, 15) is 9.90 Å². The van der Waals surface area contributed by atoms with Crippen LogP contribution in [0.25, 0.3) is 10.9 Å². The fraction of sp³-hybridized carbons (Fsp3) is 0.357. The predicted octanol–water partition coefficient (Wildman–Crippen LogP) is 1.95. The minimum absolute atomic E-state index is 0.182. The van der Waals surface area contributed by atoms with Crippen LogP contribution in [0, 0.1) is 5.92 Å². The SMILES string of the molecule is O=C(O)C(c1c[nH]c2ccccc12)C1CCNC1. The molecule has 0 spiro atoms. The molecule has 1 saturated heterocycles. The normalized spacial score (nSPS) is 21.2. The van der Waals surface area contributed by atoms with Gasteiger partial charge in [0.15, 0.2) is 0 Å². The molecule has 0 aliphatic carbocycles. The van der Waals surface area contributed by atoms with Gasteiger partial charge in [-0.15, -0.1) is 0 Å². The largest absolute Gasteiger partial charge is 0.481 e. The highest BCUT2D eigenvalue weighted by molar-refractivity contribution is 5.89. The molecule has 3 rings (SSSR count). The molecule has 94 valence electrons. The van der Waals surface area contributed by atoms with Crippen LogP contribution in [0.3, 0.4) is 0 Å². The molecule has 4 heteroatoms. The summed E-state index contributed by atoms with van der Waals surface area (Å²) in [6.07, 6.45) is 2.78. The summed E-state index contributed by atoms with van der Waals surface area (Å²) in [5, 5.41) is 13.8. The van der Waals surface area contributed by atoms with E-state index in [1.165, 1.54) is 0 Å². The molecule has 1 aromatic heterocycles. The van der Waals surface area contributed by atoms with Crippen LogP contribution in [0.5, 0.6) is 0 Å². The summed E-state index contributed by atoms with van der Waals surface area (Å²) in [6, 6.07) is 7.87. The third kappa shape index (κ3) is 1.78. The number of benzene rings is 1. The van der Waals surface area contributed by atoms with Crippen LogP contribution in [0.4, 0.5) is 0 Å². The molecule has 18 heavy (non-hydrogen) atoms. The first-order valence-corrected chi connectivity index (χ1v) is 6.27. The fourth-order valence-corrected chi connectivity index (χ4v) is 2.90. The Morgan fingerprint density at radius 1 is 1.39 bits per heavy atom. The van der Waals surface area contributed by atoms with Crippen molar-refractivity contribution >= 4 is 16.9 Å². The lowest BCUT2D eigenvalue weighted by Crippen LogP contribution is -2.23. The minimum Gasteiger partial charge on any atom is -0.481 e. The van der Waals surface area contributed by atoms with Crippen LogP contribution >= 0.6 is 0 Å². The van der Waals surface area contributed by atoms with E-state index >= 15 is 0 Å². The van der Waals surface area contributed by atoms with E-state index in [2.05, 4.69) is 10.3 Å². The van der Waals surface area contributed by atoms with Gasteiger partial charge in [0, 0.05) is 17.1 Å². The van der Waals surface area contributed by atoms with Crippen molar-refractivity contribution in [3.05, 3.63) is 36.0 Å². The number of hydrogen-bond acceptors (Lipinski definition) is 2. The number of fused-ring (bicyclic) bond motifs is 1. The molecule has 3 N–H and O–H groups in total. The van der Waals surface area contributed by atoms with Crippen LogP contribution in [-0.4, -0.2) is 29.1 Å². The highest BCUT2D eigenvalue weighted by Gasteiger charge is 2.33. The molecule has 4 nitrogen and oxygen atoms in total. The molecule has 0 radical (unpaired) electrons. The van der Waals surface area contributed by atoms with Gasteiger partial charge in [0.1, 0.15) is 0 Å². The number of carbonyl (C=O) groups is 1. The van der Waals surface area contributed by atoms with Gasteiger partial charge in [-0.1, -0.05) is 18.2 Å². The van der Waals surface area contributed by atoms with Gasteiger partial charge >= 0.3 is 5.97 Å². The summed E-state index contributed by atoms with van der Waals surface area (Å²) in [5.41, 5.74) is 1.91. The van der Waals surface area contributed by atoms with Crippen LogP contribution in [0.2, 0.25) is 0 Å². The molecule has 0 saturated carbocycles. The number of carboxylic acid groups (broad SMARTS) is 1. The van der Waals surface area contributed by atoms with Crippen molar-refractivity contribution in [2.24, 2.45) is 5.92 Å². The molecule has 1 fully saturated rings. The van der Waals surface area contributed by atoms with E-state index in [0.717, 1.165) is 36.0 Å². The number of para-hydroxylation sites is 1. The number of nitrogens with one attached hydrogen (secondary N) is 2. The lowest BCUT2D eigenvalue weighted by atomic mass is 9.85. The standard InChI is InChI=1S/C14H16N2O2/c17-14(18)13(9-5-6-15-7-9)11-8-16-12-4-2-1-3-10(11)12/h1-4,8-9,13,15-16H,5-7H2,(H,17,18). The Labute approximate surface area is 105 Å². The topological polar surface area (TPSA) is 65.1 Å². The average molecular weight is 244 g/mol. The van der Waals surface area contributed by atoms with E-state index in [1.807, 2.05) is 30.5 Å². The van der Waals surface area contributed by atoms with E-state index in [1.54, 1.807) is 0 Å². The number of H-pyrrole nitrogens is 1. The minimum atomic E-state index is -0.728. The Kier molecular flexibility index (Phi) is 2.80. The molecule has 2 aromatic rings. The first-order chi connectivity index (χ1) is 8.77. The summed E-state index contributed by atoms with van der Waals surface area (Å²) in [7, 11) is 0. The second kappa shape index (κ2) is 4.46. The van der Waals surface area contributed by atoms with Crippen molar-refractivity contribution in [1.29, 1.82) is 0 Å². The molecule has 0 amide bonds. The summed E-state index contributed by atoms with van der Waals surface area (Å²) in [4.78, 5) is 14.8. The van der Waals surface area contributed by atoms with Crippen molar-refractivity contribution in [2.75, 3.05) is 13.1 Å². The third-order valence-electron chi connectivity index (χ3n) is 3.79. The smallest absolute Gasteiger partial charge is 0.311 e. The Balaban J connectivity index is 2.06. The van der Waals surface area contributed by atoms with E-state index in [-0.39, 0.29) is 5.92 Å². The highest BCUT2D eigenvalue weighted by Crippen LogP contribution is 2.33. The Morgan fingerprint density at radius 3 is 2.94 bits per heavy atom. The third-order valence-corrected chi connectivity index (χ3v) is 3.79. The maximum atomic E-state index is 11.6. The summed E-state index contributed by atoms with van der Waals surface area (Å²) >= 11 is 0. The molecule has 0 bridgehead atoms. The Bertz CT molecular complexity index is 570. The van der Waals surface area contributed by atoms with Gasteiger partial charge < -0.3 is 15.4 Å². The van der Waals surface area contributed by atoms with Gasteiger partial charge in [-0.2, -0.15) is 0 Å². The Morgan fingerprint density at radius 2 is 2.22 bits per heavy atom. The van der Waals surface area contributed by atoms with Gasteiger partial charge in [-0.3, -0.25) is 4.79 Å². The maximum Gasteiger partial charge on any atom is 0.311 e. The lowest BCUT2D eigenvalue weighted by molar-refractivity contribution is -0.140. The fourth-order valence-electron chi connectivity index (χ4n) is 2.90. The van der Waals surface area contributed by atoms with E-state index in [4.69, 9.17) is 0 Å². The van der Waals surface area contributed by atoms with Gasteiger partial charge in [-0.25, -0.2) is 0 Å². The van der Waals surface area contributed by atoms with E-state index < -0.39 is 11.9 Å². The summed E-state index contributed by atoms with van der Waals surface area (Å²) in [6.45, 7) is 1.70. The van der Waals surface area contributed by atoms with Crippen molar-refractivity contribution in [3.63, 3.8) is 0 Å². The van der Waals surface area contributed by atoms with Crippen LogP contribution in [0.15, 0.2) is 30.5 Å². The molecule has 2 atom stereocenters. The average Bonchev–Trinajstić information content (AvgIpc) is 3.00. The van der Waals surface area contributed by atoms with Crippen molar-refractivity contribution < 1.29 is 9.90 Å². The zero-order valence-electron chi connectivity index (χ0n) is 10.0. The number of aliphatic carboxylic acids is 1. The molecule has 1 aliphatic rings. The monoisotopic (exact) mass is 244 g/mol. The molecular formula is C14H16N2O2. The first kappa shape index (κ1) is 11.3. The van der Waals surface area contributed by atoms with Crippen LogP contribution < -0.4 is 5.32 Å². The second-order valence-electron chi connectivity index (χ2n) is 4.86. The molecule has 2 heterocycles. The summed E-state index contributed by atoms with van der Waals surface area (Å²) < 4.78 is 0. The number of aromatic nitrogens is 1. The number of aromatic amines is 1. The number of rotatable bonds is 3. The molecule has 1 aliphatic heterocycles. The predicted molar refractivity (Wildman–Crippen MR) is 69.7 cm³/mol. The van der Waals surface area contributed by atoms with Crippen molar-refractivity contribution in [2.45, 2.75) is 12.3 Å². The number of hydrogen-bond donors (Lipinski definition) is 3. The maximum absolute atomic E-state index is 11.6. The van der Waals surface area contributed by atoms with Gasteiger partial charge in [-0.05, 0) is 37.1 Å². The lowest BCUT2D eigenvalue weighted by Gasteiger charge is -2.18. The number of carboxylic acids is 1. The van der Waals surface area contributed by atoms with Gasteiger partial charge in [0.05, 0.1) is 5.92 Å². The van der Waals surface area contributed by atoms with Crippen molar-refractivity contribution in [1.82, 2.24) is 10.3 Å². The quantitative estimate of drug-likeness (QED) is 0.773. The van der Waals surface area contributed by atoms with E-state index in [0.29, 0.717) is 0 Å². The second-order valence-corrected chi connectivity index (χ2v) is 4.86.